The molecular weight excluding hydrogens is 236 g/mol. The maximum Gasteiger partial charge on any atom is 0.147 e. The van der Waals surface area contributed by atoms with E-state index in [4.69, 9.17) is 5.73 Å². The molecule has 1 unspecified atom stereocenters. The average molecular weight is 262 g/mol. The van der Waals surface area contributed by atoms with Crippen molar-refractivity contribution in [3.8, 4) is 0 Å². The third kappa shape index (κ3) is 3.93. The van der Waals surface area contributed by atoms with Crippen molar-refractivity contribution in [1.82, 2.24) is 4.90 Å². The first-order valence-electron chi connectivity index (χ1n) is 6.39. The van der Waals surface area contributed by atoms with E-state index >= 15 is 0 Å². The van der Waals surface area contributed by atoms with Crippen LogP contribution in [0.1, 0.15) is 38.5 Å². The van der Waals surface area contributed by atoms with Gasteiger partial charge in [0.2, 0.25) is 0 Å². The van der Waals surface area contributed by atoms with E-state index < -0.39 is 9.84 Å². The molecule has 0 aromatic carbocycles. The van der Waals surface area contributed by atoms with E-state index in [1.54, 1.807) is 0 Å². The zero-order valence-corrected chi connectivity index (χ0v) is 12.1. The molecule has 0 heterocycles. The molecule has 102 valence electrons. The zero-order valence-electron chi connectivity index (χ0n) is 11.3. The summed E-state index contributed by atoms with van der Waals surface area (Å²) >= 11 is 0. The third-order valence-electron chi connectivity index (χ3n) is 4.10. The monoisotopic (exact) mass is 262 g/mol. The summed E-state index contributed by atoms with van der Waals surface area (Å²) in [5.74, 6) is 0.198. The lowest BCUT2D eigenvalue weighted by Crippen LogP contribution is -2.58. The van der Waals surface area contributed by atoms with Gasteiger partial charge in [-0.15, -0.1) is 0 Å². The molecule has 1 saturated carbocycles. The molecular formula is C12H26N2O2S. The highest BCUT2D eigenvalue weighted by Crippen LogP contribution is 2.35. The standard InChI is InChI=1S/C12H26N2O2S/c1-14(2)12(8-5-4-6-9-12)11(13)7-10-17(3,15)16/h11H,4-10,13H2,1-3H3. The van der Waals surface area contributed by atoms with Gasteiger partial charge in [-0.3, -0.25) is 0 Å². The molecule has 2 N–H and O–H groups in total. The Morgan fingerprint density at radius 2 is 1.76 bits per heavy atom. The number of hydrogen-bond acceptors (Lipinski definition) is 4. The van der Waals surface area contributed by atoms with E-state index in [1.807, 2.05) is 0 Å². The molecule has 0 aromatic heterocycles. The Hall–Kier alpha value is -0.130. The van der Waals surface area contributed by atoms with Gasteiger partial charge in [-0.1, -0.05) is 19.3 Å². The zero-order chi connectivity index (χ0) is 13.1. The molecule has 1 fully saturated rings. The van der Waals surface area contributed by atoms with Gasteiger partial charge >= 0.3 is 0 Å². The van der Waals surface area contributed by atoms with Crippen LogP contribution in [0.4, 0.5) is 0 Å². The Balaban J connectivity index is 2.70. The topological polar surface area (TPSA) is 63.4 Å². The predicted octanol–water partition coefficient (Wildman–Crippen LogP) is 1.01. The predicted molar refractivity (Wildman–Crippen MR) is 71.8 cm³/mol. The summed E-state index contributed by atoms with van der Waals surface area (Å²) in [5, 5.41) is 0. The fourth-order valence-corrected chi connectivity index (χ4v) is 3.61. The molecule has 0 amide bonds. The second-order valence-corrected chi connectivity index (χ2v) is 7.84. The molecule has 0 spiro atoms. The van der Waals surface area contributed by atoms with Crippen LogP contribution in [0.3, 0.4) is 0 Å². The Morgan fingerprint density at radius 1 is 1.24 bits per heavy atom. The quantitative estimate of drug-likeness (QED) is 0.803. The Bertz CT molecular complexity index is 332. The molecule has 1 aliphatic carbocycles. The van der Waals surface area contributed by atoms with Gasteiger partial charge in [0, 0.05) is 17.8 Å². The van der Waals surface area contributed by atoms with Crippen LogP contribution in [0.5, 0.6) is 0 Å². The summed E-state index contributed by atoms with van der Waals surface area (Å²) < 4.78 is 22.4. The summed E-state index contributed by atoms with van der Waals surface area (Å²) in [5.41, 5.74) is 6.29. The van der Waals surface area contributed by atoms with Crippen LogP contribution in [0.15, 0.2) is 0 Å². The molecule has 0 saturated heterocycles. The summed E-state index contributed by atoms with van der Waals surface area (Å²) in [6, 6.07) is -0.0486. The van der Waals surface area contributed by atoms with Gasteiger partial charge in [0.25, 0.3) is 0 Å². The molecule has 1 rings (SSSR count). The molecule has 0 aliphatic heterocycles. The third-order valence-corrected chi connectivity index (χ3v) is 5.08. The van der Waals surface area contributed by atoms with Crippen molar-refractivity contribution in [1.29, 1.82) is 0 Å². The van der Waals surface area contributed by atoms with Gasteiger partial charge in [0.05, 0.1) is 5.75 Å². The summed E-state index contributed by atoms with van der Waals surface area (Å²) in [6.07, 6.45) is 7.69. The highest BCUT2D eigenvalue weighted by Gasteiger charge is 2.39. The number of nitrogens with two attached hydrogens (primary N) is 1. The van der Waals surface area contributed by atoms with Gasteiger partial charge in [-0.05, 0) is 33.4 Å². The van der Waals surface area contributed by atoms with E-state index in [0.29, 0.717) is 6.42 Å². The van der Waals surface area contributed by atoms with Crippen LogP contribution < -0.4 is 5.73 Å². The largest absolute Gasteiger partial charge is 0.326 e. The van der Waals surface area contributed by atoms with Gasteiger partial charge in [-0.2, -0.15) is 0 Å². The summed E-state index contributed by atoms with van der Waals surface area (Å²) in [4.78, 5) is 2.21. The number of likely N-dealkylation sites (N-methyl/N-ethyl adjacent to an activating group) is 1. The minimum atomic E-state index is -2.91. The second-order valence-electron chi connectivity index (χ2n) is 5.58. The fraction of sp³-hybridized carbons (Fsp3) is 1.00. The van der Waals surface area contributed by atoms with Crippen LogP contribution in [0.2, 0.25) is 0 Å². The van der Waals surface area contributed by atoms with E-state index in [2.05, 4.69) is 19.0 Å². The van der Waals surface area contributed by atoms with Crippen LogP contribution in [-0.4, -0.2) is 51.0 Å². The minimum Gasteiger partial charge on any atom is -0.326 e. The van der Waals surface area contributed by atoms with Crippen LogP contribution >= 0.6 is 0 Å². The number of nitrogens with zero attached hydrogens (tertiary/aromatic N) is 1. The number of sulfone groups is 1. The Kier molecular flexibility index (Phi) is 4.98. The molecule has 17 heavy (non-hydrogen) atoms. The molecule has 1 aliphatic rings. The van der Waals surface area contributed by atoms with Crippen molar-refractivity contribution in [2.45, 2.75) is 50.1 Å². The highest BCUT2D eigenvalue weighted by atomic mass is 32.2. The van der Waals surface area contributed by atoms with Crippen molar-refractivity contribution in [2.24, 2.45) is 5.73 Å². The molecule has 5 heteroatoms. The van der Waals surface area contributed by atoms with Crippen molar-refractivity contribution < 1.29 is 8.42 Å². The van der Waals surface area contributed by atoms with Gasteiger partial charge < -0.3 is 10.6 Å². The number of hydrogen-bond donors (Lipinski definition) is 1. The average Bonchev–Trinajstić information content (AvgIpc) is 2.25. The minimum absolute atomic E-state index is 0.00292. The lowest BCUT2D eigenvalue weighted by molar-refractivity contribution is 0.0704. The molecule has 1 atom stereocenters. The van der Waals surface area contributed by atoms with Crippen molar-refractivity contribution in [3.63, 3.8) is 0 Å². The van der Waals surface area contributed by atoms with Crippen LogP contribution in [0.25, 0.3) is 0 Å². The van der Waals surface area contributed by atoms with E-state index in [9.17, 15) is 8.42 Å². The molecule has 0 bridgehead atoms. The first-order valence-corrected chi connectivity index (χ1v) is 8.45. The number of rotatable bonds is 5. The van der Waals surface area contributed by atoms with Crippen LogP contribution in [-0.2, 0) is 9.84 Å². The first-order chi connectivity index (χ1) is 7.78. The van der Waals surface area contributed by atoms with E-state index in [-0.39, 0.29) is 17.3 Å². The maximum atomic E-state index is 11.2. The lowest BCUT2D eigenvalue weighted by Gasteiger charge is -2.47. The lowest BCUT2D eigenvalue weighted by atomic mass is 9.75. The van der Waals surface area contributed by atoms with Gasteiger partial charge in [0.15, 0.2) is 0 Å². The summed E-state index contributed by atoms with van der Waals surface area (Å²) in [7, 11) is 1.21. The van der Waals surface area contributed by atoms with Crippen molar-refractivity contribution in [2.75, 3.05) is 26.1 Å². The highest BCUT2D eigenvalue weighted by molar-refractivity contribution is 7.90. The molecule has 0 radical (unpaired) electrons. The van der Waals surface area contributed by atoms with Gasteiger partial charge in [0.1, 0.15) is 9.84 Å². The van der Waals surface area contributed by atoms with Crippen molar-refractivity contribution >= 4 is 9.84 Å². The molecule has 0 aromatic rings. The van der Waals surface area contributed by atoms with Gasteiger partial charge in [-0.25, -0.2) is 8.42 Å². The Morgan fingerprint density at radius 3 is 2.18 bits per heavy atom. The first kappa shape index (κ1) is 14.9. The normalized spacial score (nSPS) is 22.6. The van der Waals surface area contributed by atoms with E-state index in [1.165, 1.54) is 25.5 Å². The smallest absolute Gasteiger partial charge is 0.147 e. The van der Waals surface area contributed by atoms with Crippen LogP contribution in [0, 0.1) is 0 Å². The van der Waals surface area contributed by atoms with E-state index in [0.717, 1.165) is 12.8 Å². The van der Waals surface area contributed by atoms with Crippen molar-refractivity contribution in [3.05, 3.63) is 0 Å². The SMILES string of the molecule is CN(C)C1(C(N)CCS(C)(=O)=O)CCCCC1. The Labute approximate surface area is 105 Å². The second kappa shape index (κ2) is 5.67. The molecule has 4 nitrogen and oxygen atoms in total. The fourth-order valence-electron chi connectivity index (χ4n) is 2.92. The maximum absolute atomic E-state index is 11.2. The summed E-state index contributed by atoms with van der Waals surface area (Å²) in [6.45, 7) is 0.